The molecule has 0 atom stereocenters. The van der Waals surface area contributed by atoms with Gasteiger partial charge in [0, 0.05) is 17.7 Å². The van der Waals surface area contributed by atoms with E-state index in [-0.39, 0.29) is 11.2 Å². The fourth-order valence-electron chi connectivity index (χ4n) is 3.71. The van der Waals surface area contributed by atoms with Gasteiger partial charge in [0.2, 0.25) is 10.7 Å². The number of nitrogens with zero attached hydrogens (tertiary/aromatic N) is 4. The van der Waals surface area contributed by atoms with E-state index in [4.69, 9.17) is 18.6 Å². The highest BCUT2D eigenvalue weighted by Gasteiger charge is 2.19. The molecule has 0 amide bonds. The lowest BCUT2D eigenvalue weighted by molar-refractivity contribution is -0.384. The van der Waals surface area contributed by atoms with Crippen molar-refractivity contribution >= 4 is 28.1 Å². The van der Waals surface area contributed by atoms with Crippen LogP contribution in [0.25, 0.3) is 33.7 Å². The smallest absolute Gasteiger partial charge is 0.291 e. The van der Waals surface area contributed by atoms with Crippen LogP contribution in [-0.4, -0.2) is 40.9 Å². The zero-order chi connectivity index (χ0) is 25.4. The van der Waals surface area contributed by atoms with E-state index in [1.165, 1.54) is 31.9 Å². The maximum absolute atomic E-state index is 13.0. The van der Waals surface area contributed by atoms with Gasteiger partial charge in [0.15, 0.2) is 17.3 Å². The Kier molecular flexibility index (Phi) is 5.86. The van der Waals surface area contributed by atoms with Gasteiger partial charge in [-0.05, 0) is 30.3 Å². The molecule has 12 heteroatoms. The van der Waals surface area contributed by atoms with Crippen LogP contribution in [0.1, 0.15) is 5.76 Å². The van der Waals surface area contributed by atoms with Crippen molar-refractivity contribution in [3.05, 3.63) is 79.3 Å². The maximum atomic E-state index is 13.0. The highest BCUT2D eigenvalue weighted by atomic mass is 32.1. The minimum absolute atomic E-state index is 0.0685. The predicted molar refractivity (Wildman–Crippen MR) is 132 cm³/mol. The lowest BCUT2D eigenvalue weighted by Gasteiger charge is -2.12. The van der Waals surface area contributed by atoms with Crippen LogP contribution in [-0.2, 0) is 0 Å². The quantitative estimate of drug-likeness (QED) is 0.240. The van der Waals surface area contributed by atoms with Gasteiger partial charge in [0.1, 0.15) is 16.1 Å². The Morgan fingerprint density at radius 3 is 2.42 bits per heavy atom. The zero-order valence-electron chi connectivity index (χ0n) is 19.3. The number of aromatic nitrogens is 3. The fraction of sp³-hybridized carbons (Fsp3) is 0.125. The molecule has 0 radical (unpaired) electrons. The first-order chi connectivity index (χ1) is 17.4. The minimum Gasteiger partial charge on any atom is -0.493 e. The number of hydrogen-bond acceptors (Lipinski definition) is 10. The summed E-state index contributed by atoms with van der Waals surface area (Å²) in [6.45, 7) is 0. The summed E-state index contributed by atoms with van der Waals surface area (Å²) in [7, 11) is 4.53. The number of fused-ring (bicyclic) bond motifs is 1. The van der Waals surface area contributed by atoms with E-state index in [9.17, 15) is 14.9 Å². The van der Waals surface area contributed by atoms with Gasteiger partial charge in [-0.2, -0.15) is 9.50 Å². The number of furan rings is 1. The lowest BCUT2D eigenvalue weighted by atomic mass is 10.1. The van der Waals surface area contributed by atoms with E-state index in [0.29, 0.717) is 55.2 Å². The van der Waals surface area contributed by atoms with Crippen molar-refractivity contribution in [2.75, 3.05) is 21.3 Å². The molecule has 182 valence electrons. The second kappa shape index (κ2) is 9.15. The van der Waals surface area contributed by atoms with E-state index >= 15 is 0 Å². The molecule has 0 unspecified atom stereocenters. The first kappa shape index (κ1) is 23.1. The number of hydrogen-bond donors (Lipinski definition) is 0. The molecule has 0 aliphatic rings. The number of nitro groups is 1. The maximum Gasteiger partial charge on any atom is 0.291 e. The SMILES string of the molecule is COc1cc(-c2nc3sc(=Cc4ccc(-c5ccccc5[N+](=O)[O-])o4)c(=O)n3n2)cc(OC)c1OC. The van der Waals surface area contributed by atoms with Crippen molar-refractivity contribution in [3.63, 3.8) is 0 Å². The van der Waals surface area contributed by atoms with Gasteiger partial charge in [-0.25, -0.2) is 0 Å². The van der Waals surface area contributed by atoms with Crippen molar-refractivity contribution in [1.82, 2.24) is 14.6 Å². The molecular weight excluding hydrogens is 488 g/mol. The molecule has 3 aromatic heterocycles. The van der Waals surface area contributed by atoms with Gasteiger partial charge in [-0.15, -0.1) is 5.10 Å². The van der Waals surface area contributed by atoms with Gasteiger partial charge >= 0.3 is 0 Å². The third kappa shape index (κ3) is 3.92. The summed E-state index contributed by atoms with van der Waals surface area (Å²) in [6.07, 6.45) is 1.56. The highest BCUT2D eigenvalue weighted by molar-refractivity contribution is 7.15. The Balaban J connectivity index is 1.52. The topological polar surface area (TPSA) is 131 Å². The Morgan fingerprint density at radius 2 is 1.78 bits per heavy atom. The van der Waals surface area contributed by atoms with E-state index in [1.54, 1.807) is 48.5 Å². The Morgan fingerprint density at radius 1 is 1.06 bits per heavy atom. The van der Waals surface area contributed by atoms with Crippen LogP contribution < -0.4 is 24.3 Å². The van der Waals surface area contributed by atoms with Gasteiger partial charge in [0.25, 0.3) is 11.2 Å². The summed E-state index contributed by atoms with van der Waals surface area (Å²) in [5, 5.41) is 15.7. The molecule has 0 bridgehead atoms. The van der Waals surface area contributed by atoms with Crippen molar-refractivity contribution in [2.45, 2.75) is 0 Å². The van der Waals surface area contributed by atoms with Gasteiger partial charge < -0.3 is 18.6 Å². The van der Waals surface area contributed by atoms with Crippen molar-refractivity contribution in [1.29, 1.82) is 0 Å². The van der Waals surface area contributed by atoms with Crippen LogP contribution >= 0.6 is 11.3 Å². The number of para-hydroxylation sites is 1. The molecule has 3 heterocycles. The number of nitro benzene ring substituents is 1. The van der Waals surface area contributed by atoms with Crippen LogP contribution in [0.5, 0.6) is 17.2 Å². The van der Waals surface area contributed by atoms with Gasteiger partial charge in [0.05, 0.1) is 31.8 Å². The first-order valence-corrected chi connectivity index (χ1v) is 11.3. The minimum atomic E-state index is -0.470. The summed E-state index contributed by atoms with van der Waals surface area (Å²) in [5.41, 5.74) is 0.499. The summed E-state index contributed by atoms with van der Waals surface area (Å²) < 4.78 is 23.4. The van der Waals surface area contributed by atoms with Crippen LogP contribution in [0, 0.1) is 10.1 Å². The molecule has 5 aromatic rings. The molecule has 0 saturated carbocycles. The van der Waals surface area contributed by atoms with E-state index in [1.807, 2.05) is 0 Å². The Labute approximate surface area is 206 Å². The van der Waals surface area contributed by atoms with E-state index in [2.05, 4.69) is 10.1 Å². The van der Waals surface area contributed by atoms with Crippen molar-refractivity contribution in [2.24, 2.45) is 0 Å². The second-order valence-electron chi connectivity index (χ2n) is 7.44. The Hall–Kier alpha value is -4.71. The molecule has 0 aliphatic carbocycles. The van der Waals surface area contributed by atoms with E-state index < -0.39 is 4.92 Å². The first-order valence-electron chi connectivity index (χ1n) is 10.5. The number of rotatable bonds is 7. The van der Waals surface area contributed by atoms with Gasteiger partial charge in [-0.1, -0.05) is 23.5 Å². The molecule has 0 N–H and O–H groups in total. The molecule has 0 fully saturated rings. The lowest BCUT2D eigenvalue weighted by Crippen LogP contribution is -2.23. The molecule has 0 aliphatic heterocycles. The molecule has 0 spiro atoms. The van der Waals surface area contributed by atoms with Gasteiger partial charge in [-0.3, -0.25) is 14.9 Å². The number of methoxy groups -OCH3 is 3. The Bertz CT molecular complexity index is 1690. The summed E-state index contributed by atoms with van der Waals surface area (Å²) in [6, 6.07) is 12.9. The fourth-order valence-corrected chi connectivity index (χ4v) is 4.60. The molecule has 11 nitrogen and oxygen atoms in total. The number of benzene rings is 2. The predicted octanol–water partition coefficient (Wildman–Crippen LogP) is 3.56. The summed E-state index contributed by atoms with van der Waals surface area (Å²) >= 11 is 1.14. The van der Waals surface area contributed by atoms with Crippen LogP contribution in [0.2, 0.25) is 0 Å². The molecule has 2 aromatic carbocycles. The van der Waals surface area contributed by atoms with Crippen molar-refractivity contribution in [3.8, 4) is 40.0 Å². The zero-order valence-corrected chi connectivity index (χ0v) is 20.1. The van der Waals surface area contributed by atoms with E-state index in [0.717, 1.165) is 11.3 Å². The average Bonchev–Trinajstić information content (AvgIpc) is 3.60. The summed E-state index contributed by atoms with van der Waals surface area (Å²) in [4.78, 5) is 28.7. The number of ether oxygens (including phenoxy) is 3. The normalized spacial score (nSPS) is 11.7. The average molecular weight is 506 g/mol. The molecule has 36 heavy (non-hydrogen) atoms. The van der Waals surface area contributed by atoms with Crippen LogP contribution in [0.15, 0.2) is 57.7 Å². The molecule has 0 saturated heterocycles. The third-order valence-corrected chi connectivity index (χ3v) is 6.33. The van der Waals surface area contributed by atoms with Crippen LogP contribution in [0.4, 0.5) is 5.69 Å². The highest BCUT2D eigenvalue weighted by Crippen LogP contribution is 2.40. The second-order valence-corrected chi connectivity index (χ2v) is 8.44. The molecular formula is C24H18N4O7S. The van der Waals surface area contributed by atoms with Crippen molar-refractivity contribution < 1.29 is 23.6 Å². The molecule has 5 rings (SSSR count). The van der Waals surface area contributed by atoms with Crippen LogP contribution in [0.3, 0.4) is 0 Å². The standard InChI is InChI=1S/C24H18N4O7S/c1-32-18-10-13(11-19(33-2)21(18)34-3)22-25-24-27(26-22)23(29)20(36-24)12-14-8-9-17(35-14)15-6-4-5-7-16(15)28(30)31/h4-12H,1-3H3. The third-order valence-electron chi connectivity index (χ3n) is 5.37. The largest absolute Gasteiger partial charge is 0.493 e. The summed E-state index contributed by atoms with van der Waals surface area (Å²) in [5.74, 6) is 2.33. The number of thiazole rings is 1. The monoisotopic (exact) mass is 506 g/mol.